The van der Waals surface area contributed by atoms with Crippen molar-refractivity contribution in [1.82, 2.24) is 9.21 Å². The zero-order chi connectivity index (χ0) is 16.3. The molecule has 1 aromatic carbocycles. The van der Waals surface area contributed by atoms with E-state index < -0.39 is 10.0 Å². The van der Waals surface area contributed by atoms with Crippen molar-refractivity contribution in [2.24, 2.45) is 5.92 Å². The SMILES string of the molecule is COc1ccc(S(=O)(=O)N2CCCC(C(=O)N(C)C)C2)cc1. The fourth-order valence-electron chi connectivity index (χ4n) is 2.62. The molecule has 1 unspecified atom stereocenters. The largest absolute Gasteiger partial charge is 0.497 e. The molecule has 1 aliphatic rings. The second-order valence-electron chi connectivity index (χ2n) is 5.61. The summed E-state index contributed by atoms with van der Waals surface area (Å²) in [6, 6.07) is 6.32. The van der Waals surface area contributed by atoms with E-state index in [2.05, 4.69) is 0 Å². The Morgan fingerprint density at radius 1 is 1.27 bits per heavy atom. The van der Waals surface area contributed by atoms with Crippen molar-refractivity contribution in [3.63, 3.8) is 0 Å². The van der Waals surface area contributed by atoms with Crippen molar-refractivity contribution in [2.45, 2.75) is 17.7 Å². The number of carbonyl (C=O) groups is 1. The fraction of sp³-hybridized carbons (Fsp3) is 0.533. The minimum absolute atomic E-state index is 0.0189. The molecule has 1 saturated heterocycles. The number of benzene rings is 1. The monoisotopic (exact) mass is 326 g/mol. The smallest absolute Gasteiger partial charge is 0.243 e. The summed E-state index contributed by atoms with van der Waals surface area (Å²) in [6.45, 7) is 0.691. The highest BCUT2D eigenvalue weighted by atomic mass is 32.2. The molecule has 1 aromatic rings. The number of ether oxygens (including phenoxy) is 1. The zero-order valence-electron chi connectivity index (χ0n) is 13.2. The second kappa shape index (κ2) is 6.66. The molecule has 1 heterocycles. The highest BCUT2D eigenvalue weighted by molar-refractivity contribution is 7.89. The summed E-state index contributed by atoms with van der Waals surface area (Å²) in [5.74, 6) is 0.324. The van der Waals surface area contributed by atoms with Crippen molar-refractivity contribution in [3.05, 3.63) is 24.3 Å². The molecule has 6 nitrogen and oxygen atoms in total. The van der Waals surface area contributed by atoms with Gasteiger partial charge < -0.3 is 9.64 Å². The molecule has 0 bridgehead atoms. The van der Waals surface area contributed by atoms with E-state index in [1.165, 1.54) is 28.4 Å². The Bertz CT molecular complexity index is 625. The summed E-state index contributed by atoms with van der Waals surface area (Å²) in [5.41, 5.74) is 0. The highest BCUT2D eigenvalue weighted by Gasteiger charge is 2.33. The maximum absolute atomic E-state index is 12.7. The van der Waals surface area contributed by atoms with Gasteiger partial charge in [0, 0.05) is 27.2 Å². The molecule has 22 heavy (non-hydrogen) atoms. The van der Waals surface area contributed by atoms with Gasteiger partial charge in [-0.2, -0.15) is 4.31 Å². The quantitative estimate of drug-likeness (QED) is 0.833. The molecule has 0 saturated carbocycles. The number of methoxy groups -OCH3 is 1. The van der Waals surface area contributed by atoms with Gasteiger partial charge in [-0.25, -0.2) is 8.42 Å². The van der Waals surface area contributed by atoms with E-state index in [1.807, 2.05) is 0 Å². The number of hydrogen-bond acceptors (Lipinski definition) is 4. The summed E-state index contributed by atoms with van der Waals surface area (Å²) < 4.78 is 31.8. The van der Waals surface area contributed by atoms with Gasteiger partial charge in [0.25, 0.3) is 0 Å². The Kier molecular flexibility index (Phi) is 5.08. The van der Waals surface area contributed by atoms with Gasteiger partial charge in [0.1, 0.15) is 5.75 Å². The van der Waals surface area contributed by atoms with E-state index in [1.54, 1.807) is 26.2 Å². The lowest BCUT2D eigenvalue weighted by Gasteiger charge is -2.32. The van der Waals surface area contributed by atoms with Gasteiger partial charge in [-0.1, -0.05) is 0 Å². The van der Waals surface area contributed by atoms with Crippen LogP contribution in [-0.2, 0) is 14.8 Å². The summed E-state index contributed by atoms with van der Waals surface area (Å²) in [4.78, 5) is 13.8. The minimum Gasteiger partial charge on any atom is -0.497 e. The third kappa shape index (κ3) is 3.41. The van der Waals surface area contributed by atoms with Crippen LogP contribution in [0.5, 0.6) is 5.75 Å². The van der Waals surface area contributed by atoms with Gasteiger partial charge in [0.05, 0.1) is 17.9 Å². The van der Waals surface area contributed by atoms with Crippen LogP contribution in [0, 0.1) is 5.92 Å². The van der Waals surface area contributed by atoms with Crippen LogP contribution < -0.4 is 4.74 Å². The van der Waals surface area contributed by atoms with E-state index in [0.717, 1.165) is 6.42 Å². The predicted octanol–water partition coefficient (Wildman–Crippen LogP) is 1.18. The van der Waals surface area contributed by atoms with Crippen LogP contribution in [0.3, 0.4) is 0 Å². The van der Waals surface area contributed by atoms with Crippen LogP contribution >= 0.6 is 0 Å². The van der Waals surface area contributed by atoms with Crippen LogP contribution in [0.15, 0.2) is 29.2 Å². The summed E-state index contributed by atoms with van der Waals surface area (Å²) in [5, 5.41) is 0. The average molecular weight is 326 g/mol. The lowest BCUT2D eigenvalue weighted by molar-refractivity contribution is -0.134. The molecule has 122 valence electrons. The first-order valence-electron chi connectivity index (χ1n) is 7.21. The van der Waals surface area contributed by atoms with Crippen molar-refractivity contribution < 1.29 is 17.9 Å². The normalized spacial score (nSPS) is 19.7. The van der Waals surface area contributed by atoms with Gasteiger partial charge in [-0.15, -0.1) is 0 Å². The second-order valence-corrected chi connectivity index (χ2v) is 7.55. The summed E-state index contributed by atoms with van der Waals surface area (Å²) >= 11 is 0. The Morgan fingerprint density at radius 3 is 2.45 bits per heavy atom. The van der Waals surface area contributed by atoms with Gasteiger partial charge in [-0.05, 0) is 37.1 Å². The lowest BCUT2D eigenvalue weighted by Crippen LogP contribution is -2.45. The van der Waals surface area contributed by atoms with Gasteiger partial charge in [0.15, 0.2) is 0 Å². The Balaban J connectivity index is 2.19. The van der Waals surface area contributed by atoms with E-state index in [0.29, 0.717) is 18.7 Å². The molecule has 1 atom stereocenters. The minimum atomic E-state index is -3.57. The van der Waals surface area contributed by atoms with Crippen LogP contribution in [0.1, 0.15) is 12.8 Å². The molecule has 0 spiro atoms. The van der Waals surface area contributed by atoms with Gasteiger partial charge in [-0.3, -0.25) is 4.79 Å². The summed E-state index contributed by atoms with van der Waals surface area (Å²) in [6.07, 6.45) is 1.42. The number of piperidine rings is 1. The van der Waals surface area contributed by atoms with Crippen LogP contribution in [0.2, 0.25) is 0 Å². The average Bonchev–Trinajstić information content (AvgIpc) is 2.54. The maximum Gasteiger partial charge on any atom is 0.243 e. The van der Waals surface area contributed by atoms with Gasteiger partial charge >= 0.3 is 0 Å². The third-order valence-electron chi connectivity index (χ3n) is 3.87. The Hall–Kier alpha value is -1.60. The summed E-state index contributed by atoms with van der Waals surface area (Å²) in [7, 11) is 1.35. The number of sulfonamides is 1. The first-order chi connectivity index (χ1) is 10.4. The van der Waals surface area contributed by atoms with Gasteiger partial charge in [0.2, 0.25) is 15.9 Å². The maximum atomic E-state index is 12.7. The molecule has 0 N–H and O–H groups in total. The van der Waals surface area contributed by atoms with E-state index in [-0.39, 0.29) is 23.3 Å². The third-order valence-corrected chi connectivity index (χ3v) is 5.75. The van der Waals surface area contributed by atoms with Crippen molar-refractivity contribution in [3.8, 4) is 5.75 Å². The molecule has 1 amide bonds. The predicted molar refractivity (Wildman–Crippen MR) is 83.2 cm³/mol. The van der Waals surface area contributed by atoms with Crippen molar-refractivity contribution in [1.29, 1.82) is 0 Å². The molecular formula is C15H22N2O4S. The Morgan fingerprint density at radius 2 is 1.91 bits per heavy atom. The van der Waals surface area contributed by atoms with Crippen molar-refractivity contribution >= 4 is 15.9 Å². The first kappa shape index (κ1) is 16.8. The number of carbonyl (C=O) groups excluding carboxylic acids is 1. The number of rotatable bonds is 4. The Labute approximate surface area is 131 Å². The van der Waals surface area contributed by atoms with E-state index >= 15 is 0 Å². The molecule has 1 aliphatic heterocycles. The van der Waals surface area contributed by atoms with Crippen molar-refractivity contribution in [2.75, 3.05) is 34.3 Å². The lowest BCUT2D eigenvalue weighted by atomic mass is 9.98. The molecule has 0 aromatic heterocycles. The fourth-order valence-corrected chi connectivity index (χ4v) is 4.15. The van der Waals surface area contributed by atoms with E-state index in [9.17, 15) is 13.2 Å². The molecular weight excluding hydrogens is 304 g/mol. The molecule has 7 heteroatoms. The first-order valence-corrected chi connectivity index (χ1v) is 8.65. The topological polar surface area (TPSA) is 66.9 Å². The van der Waals surface area contributed by atoms with Crippen LogP contribution in [-0.4, -0.2) is 57.8 Å². The molecule has 2 rings (SSSR count). The zero-order valence-corrected chi connectivity index (χ0v) is 14.0. The van der Waals surface area contributed by atoms with Crippen LogP contribution in [0.25, 0.3) is 0 Å². The molecule has 0 radical (unpaired) electrons. The number of nitrogens with zero attached hydrogens (tertiary/aromatic N) is 2. The number of amides is 1. The number of hydrogen-bond donors (Lipinski definition) is 0. The van der Waals surface area contributed by atoms with E-state index in [4.69, 9.17) is 4.74 Å². The highest BCUT2D eigenvalue weighted by Crippen LogP contribution is 2.25. The standard InChI is InChI=1S/C15H22N2O4S/c1-16(2)15(18)12-5-4-10-17(11-12)22(19,20)14-8-6-13(21-3)7-9-14/h6-9,12H,4-5,10-11H2,1-3H3. The van der Waals surface area contributed by atoms with Crippen LogP contribution in [0.4, 0.5) is 0 Å². The molecule has 1 fully saturated rings. The molecule has 0 aliphatic carbocycles.